The maximum Gasteiger partial charge on any atom is 0.349 e. The highest BCUT2D eigenvalue weighted by atomic mass is 16.6. The van der Waals surface area contributed by atoms with Crippen molar-refractivity contribution in [2.45, 2.75) is 0 Å². The Bertz CT molecular complexity index is 1070. The third-order valence-corrected chi connectivity index (χ3v) is 4.77. The van der Waals surface area contributed by atoms with Crippen LogP contribution in [0.4, 0.5) is 0 Å². The average molecular weight is 452 g/mol. The highest BCUT2D eigenvalue weighted by molar-refractivity contribution is 6.01. The second-order valence-electron chi connectivity index (χ2n) is 6.93. The maximum absolute atomic E-state index is 12.6. The molecule has 0 saturated carbocycles. The number of amides is 1. The number of hydrogen-bond acceptors (Lipinski definition) is 8. The normalized spacial score (nSPS) is 13.6. The monoisotopic (exact) mass is 452 g/mol. The lowest BCUT2D eigenvalue weighted by Crippen LogP contribution is -2.41. The molecule has 0 bridgehead atoms. The number of esters is 1. The zero-order chi connectivity index (χ0) is 23.6. The fourth-order valence-electron chi connectivity index (χ4n) is 3.09. The molecule has 1 amide bonds. The maximum atomic E-state index is 12.6. The Labute approximate surface area is 191 Å². The molecule has 0 spiro atoms. The van der Waals surface area contributed by atoms with Crippen LogP contribution in [0.5, 0.6) is 23.0 Å². The van der Waals surface area contributed by atoms with E-state index < -0.39 is 5.97 Å². The lowest BCUT2D eigenvalue weighted by Gasteiger charge is -2.26. The summed E-state index contributed by atoms with van der Waals surface area (Å²) < 4.78 is 26.5. The van der Waals surface area contributed by atoms with Crippen molar-refractivity contribution in [1.82, 2.24) is 4.90 Å². The number of carbonyl (C=O) groups excluding carboxylic acids is 2. The minimum absolute atomic E-state index is 0.00427. The molecule has 9 nitrogen and oxygen atoms in total. The molecule has 172 valence electrons. The Morgan fingerprint density at radius 2 is 1.82 bits per heavy atom. The van der Waals surface area contributed by atoms with Crippen molar-refractivity contribution in [2.75, 3.05) is 47.1 Å². The average Bonchev–Trinajstić information content (AvgIpc) is 2.87. The van der Waals surface area contributed by atoms with Crippen LogP contribution in [0.15, 0.2) is 48.0 Å². The minimum Gasteiger partial charge on any atom is -0.497 e. The van der Waals surface area contributed by atoms with Gasteiger partial charge in [0, 0.05) is 19.2 Å². The molecule has 1 heterocycles. The van der Waals surface area contributed by atoms with Crippen LogP contribution < -0.4 is 18.9 Å². The first-order valence-electron chi connectivity index (χ1n) is 10.2. The van der Waals surface area contributed by atoms with Crippen LogP contribution in [0.25, 0.3) is 6.08 Å². The van der Waals surface area contributed by atoms with E-state index in [0.717, 1.165) is 0 Å². The lowest BCUT2D eigenvalue weighted by atomic mass is 10.1. The molecule has 33 heavy (non-hydrogen) atoms. The molecule has 1 saturated heterocycles. The summed E-state index contributed by atoms with van der Waals surface area (Å²) in [7, 11) is 2.97. The van der Waals surface area contributed by atoms with Gasteiger partial charge in [0.15, 0.2) is 18.1 Å². The van der Waals surface area contributed by atoms with Gasteiger partial charge in [0.2, 0.25) is 0 Å². The first-order chi connectivity index (χ1) is 16.0. The molecule has 0 radical (unpaired) electrons. The molecule has 2 aromatic carbocycles. The van der Waals surface area contributed by atoms with Gasteiger partial charge in [-0.2, -0.15) is 5.26 Å². The Morgan fingerprint density at radius 1 is 1.06 bits per heavy atom. The van der Waals surface area contributed by atoms with E-state index in [1.54, 1.807) is 41.3 Å². The van der Waals surface area contributed by atoms with Crippen LogP contribution in [-0.2, 0) is 14.3 Å². The quantitative estimate of drug-likeness (QED) is 0.260. The summed E-state index contributed by atoms with van der Waals surface area (Å²) in [4.78, 5) is 26.4. The fraction of sp³-hybridized carbons (Fsp3) is 0.292. The number of morpholine rings is 1. The van der Waals surface area contributed by atoms with Gasteiger partial charge in [0.1, 0.15) is 23.1 Å². The molecule has 0 aromatic heterocycles. The second kappa shape index (κ2) is 11.5. The van der Waals surface area contributed by atoms with Gasteiger partial charge < -0.3 is 28.6 Å². The molecule has 1 fully saturated rings. The largest absolute Gasteiger partial charge is 0.497 e. The van der Waals surface area contributed by atoms with E-state index in [0.29, 0.717) is 43.4 Å². The number of hydrogen-bond donors (Lipinski definition) is 0. The van der Waals surface area contributed by atoms with E-state index in [1.165, 1.54) is 26.4 Å². The molecular weight excluding hydrogens is 428 g/mol. The molecule has 3 rings (SSSR count). The number of ether oxygens (including phenoxy) is 5. The van der Waals surface area contributed by atoms with Crippen LogP contribution in [0, 0.1) is 11.3 Å². The molecule has 0 aliphatic carbocycles. The van der Waals surface area contributed by atoms with Crippen molar-refractivity contribution in [1.29, 1.82) is 5.26 Å². The molecule has 9 heteroatoms. The van der Waals surface area contributed by atoms with Gasteiger partial charge in [0.25, 0.3) is 5.91 Å². The zero-order valence-corrected chi connectivity index (χ0v) is 18.4. The number of benzene rings is 2. The predicted octanol–water partition coefficient (Wildman–Crippen LogP) is 2.45. The number of nitriles is 1. The Balaban J connectivity index is 1.67. The van der Waals surface area contributed by atoms with Gasteiger partial charge in [-0.15, -0.1) is 0 Å². The highest BCUT2D eigenvalue weighted by Crippen LogP contribution is 2.29. The van der Waals surface area contributed by atoms with Crippen LogP contribution in [0.2, 0.25) is 0 Å². The summed E-state index contributed by atoms with van der Waals surface area (Å²) in [5.74, 6) is 0.550. The van der Waals surface area contributed by atoms with Gasteiger partial charge >= 0.3 is 5.97 Å². The molecule has 0 atom stereocenters. The van der Waals surface area contributed by atoms with E-state index in [-0.39, 0.29) is 29.6 Å². The van der Waals surface area contributed by atoms with E-state index in [1.807, 2.05) is 6.07 Å². The van der Waals surface area contributed by atoms with Gasteiger partial charge in [0.05, 0.1) is 27.4 Å². The molecular formula is C24H24N2O7. The summed E-state index contributed by atoms with van der Waals surface area (Å²) in [6.45, 7) is 1.45. The van der Waals surface area contributed by atoms with Gasteiger partial charge in [-0.3, -0.25) is 4.79 Å². The zero-order valence-electron chi connectivity index (χ0n) is 18.4. The van der Waals surface area contributed by atoms with Crippen molar-refractivity contribution < 1.29 is 33.3 Å². The van der Waals surface area contributed by atoms with Crippen molar-refractivity contribution in [3.05, 3.63) is 53.6 Å². The topological polar surface area (TPSA) is 107 Å². The standard InChI is InChI=1S/C24H24N2O7/c1-29-19-4-3-5-20(14-19)32-16-23(27)33-21-7-6-17(13-22(21)30-2)12-18(15-25)24(28)26-8-10-31-11-9-26/h3-7,12-14H,8-11,16H2,1-2H3/b18-12+. The summed E-state index contributed by atoms with van der Waals surface area (Å²) in [6.07, 6.45) is 1.47. The van der Waals surface area contributed by atoms with Gasteiger partial charge in [-0.25, -0.2) is 4.79 Å². The molecule has 0 N–H and O–H groups in total. The number of carbonyl (C=O) groups is 2. The Morgan fingerprint density at radius 3 is 2.52 bits per heavy atom. The second-order valence-corrected chi connectivity index (χ2v) is 6.93. The predicted molar refractivity (Wildman–Crippen MR) is 118 cm³/mol. The molecule has 1 aliphatic heterocycles. The van der Waals surface area contributed by atoms with E-state index in [2.05, 4.69) is 0 Å². The summed E-state index contributed by atoms with van der Waals surface area (Å²) in [6, 6.07) is 13.5. The van der Waals surface area contributed by atoms with Gasteiger partial charge in [-0.1, -0.05) is 12.1 Å². The van der Waals surface area contributed by atoms with Crippen molar-refractivity contribution in [3.8, 4) is 29.1 Å². The fourth-order valence-corrected chi connectivity index (χ4v) is 3.09. The van der Waals surface area contributed by atoms with Crippen LogP contribution in [0.1, 0.15) is 5.56 Å². The first-order valence-corrected chi connectivity index (χ1v) is 10.2. The van der Waals surface area contributed by atoms with Crippen LogP contribution in [-0.4, -0.2) is 63.9 Å². The third-order valence-electron chi connectivity index (χ3n) is 4.77. The summed E-state index contributed by atoms with van der Waals surface area (Å²) in [5, 5.41) is 9.46. The smallest absolute Gasteiger partial charge is 0.349 e. The van der Waals surface area contributed by atoms with E-state index >= 15 is 0 Å². The van der Waals surface area contributed by atoms with Crippen molar-refractivity contribution in [3.63, 3.8) is 0 Å². The van der Waals surface area contributed by atoms with Gasteiger partial charge in [-0.05, 0) is 35.9 Å². The number of rotatable bonds is 8. The first kappa shape index (κ1) is 23.6. The van der Waals surface area contributed by atoms with Crippen molar-refractivity contribution >= 4 is 18.0 Å². The molecule has 0 unspecified atom stereocenters. The summed E-state index contributed by atoms with van der Waals surface area (Å²) in [5.41, 5.74) is 0.549. The third kappa shape index (κ3) is 6.48. The van der Waals surface area contributed by atoms with E-state index in [9.17, 15) is 14.9 Å². The number of methoxy groups -OCH3 is 2. The minimum atomic E-state index is -0.625. The van der Waals surface area contributed by atoms with Crippen molar-refractivity contribution in [2.24, 2.45) is 0 Å². The van der Waals surface area contributed by atoms with Crippen LogP contribution in [0.3, 0.4) is 0 Å². The SMILES string of the molecule is COc1cccc(OCC(=O)Oc2ccc(/C=C(\C#N)C(=O)N3CCOCC3)cc2OC)c1. The Kier molecular flexibility index (Phi) is 8.27. The lowest BCUT2D eigenvalue weighted by molar-refractivity contribution is -0.136. The Hall–Kier alpha value is -4.03. The summed E-state index contributed by atoms with van der Waals surface area (Å²) >= 11 is 0. The number of nitrogens with zero attached hydrogens (tertiary/aromatic N) is 2. The highest BCUT2D eigenvalue weighted by Gasteiger charge is 2.21. The van der Waals surface area contributed by atoms with Crippen LogP contribution >= 0.6 is 0 Å². The van der Waals surface area contributed by atoms with E-state index in [4.69, 9.17) is 23.7 Å². The molecule has 2 aromatic rings. The molecule has 1 aliphatic rings.